The molecule has 0 saturated heterocycles. The molecule has 3 amide bonds. The molecule has 0 radical (unpaired) electrons. The van der Waals surface area contributed by atoms with Gasteiger partial charge in [0.25, 0.3) is 5.91 Å². The first-order chi connectivity index (χ1) is 18.8. The number of carbonyl (C=O) groups is 4. The number of primary amides is 1. The highest BCUT2D eigenvalue weighted by Gasteiger charge is 2.18. The van der Waals surface area contributed by atoms with E-state index in [1.165, 1.54) is 24.6 Å². The third-order valence-corrected chi connectivity index (χ3v) is 7.03. The maximum atomic E-state index is 12.8. The second-order valence-electron chi connectivity index (χ2n) is 8.58. The zero-order valence-corrected chi connectivity index (χ0v) is 22.6. The summed E-state index contributed by atoms with van der Waals surface area (Å²) in [6, 6.07) is 23.0. The Morgan fingerprint density at radius 3 is 2.21 bits per heavy atom. The van der Waals surface area contributed by atoms with Gasteiger partial charge in [-0.2, -0.15) is 16.9 Å². The Morgan fingerprint density at radius 1 is 0.872 bits per heavy atom. The van der Waals surface area contributed by atoms with Crippen LogP contribution in [0.4, 0.5) is 17.1 Å². The van der Waals surface area contributed by atoms with Crippen molar-refractivity contribution < 1.29 is 19.2 Å². The minimum absolute atomic E-state index is 0.137. The molecule has 9 nitrogen and oxygen atoms in total. The van der Waals surface area contributed by atoms with Crippen LogP contribution in [0.25, 0.3) is 0 Å². The maximum Gasteiger partial charge on any atom is 0.279 e. The number of Topliss-reactive ketones (excluding diaryl/α,β-unsaturated/α-hetero) is 1. The van der Waals surface area contributed by atoms with E-state index in [1.807, 2.05) is 18.2 Å². The Kier molecular flexibility index (Phi) is 10.8. The van der Waals surface area contributed by atoms with Gasteiger partial charge in [-0.25, -0.2) is 0 Å². The Labute approximate surface area is 231 Å². The lowest BCUT2D eigenvalue weighted by Crippen LogP contribution is -2.29. The average Bonchev–Trinajstić information content (AvgIpc) is 2.92. The normalized spacial score (nSPS) is 11.8. The molecule has 0 aliphatic carbocycles. The van der Waals surface area contributed by atoms with Gasteiger partial charge < -0.3 is 16.4 Å². The minimum atomic E-state index is -0.729. The third-order valence-electron chi connectivity index (χ3n) is 5.59. The lowest BCUT2D eigenvalue weighted by molar-refractivity contribution is -0.116. The first kappa shape index (κ1) is 29.1. The number of anilines is 3. The predicted molar refractivity (Wildman–Crippen MR) is 157 cm³/mol. The van der Waals surface area contributed by atoms with Crippen molar-refractivity contribution in [3.63, 3.8) is 0 Å². The fourth-order valence-corrected chi connectivity index (χ4v) is 4.82. The summed E-state index contributed by atoms with van der Waals surface area (Å²) >= 11 is 1.74. The van der Waals surface area contributed by atoms with Crippen LogP contribution in [0.5, 0.6) is 0 Å². The molecule has 10 heteroatoms. The molecule has 0 spiro atoms. The first-order valence-electron chi connectivity index (χ1n) is 12.4. The number of carbonyl (C=O) groups excluding carboxylic acids is 4. The van der Waals surface area contributed by atoms with E-state index in [4.69, 9.17) is 5.73 Å². The van der Waals surface area contributed by atoms with Crippen molar-refractivity contribution in [2.24, 2.45) is 10.8 Å². The fourth-order valence-electron chi connectivity index (χ4n) is 3.65. The number of thioether (sulfide) groups is 1. The number of ketones is 1. The van der Waals surface area contributed by atoms with Crippen molar-refractivity contribution >= 4 is 58.0 Å². The second-order valence-corrected chi connectivity index (χ2v) is 9.90. The van der Waals surface area contributed by atoms with E-state index in [2.05, 4.69) is 40.2 Å². The summed E-state index contributed by atoms with van der Waals surface area (Å²) in [6.07, 6.45) is 1.31. The molecule has 0 aliphatic heterocycles. The summed E-state index contributed by atoms with van der Waals surface area (Å²) in [7, 11) is 0. The summed E-state index contributed by atoms with van der Waals surface area (Å²) in [4.78, 5) is 48.7. The van der Waals surface area contributed by atoms with Crippen LogP contribution < -0.4 is 21.8 Å². The molecule has 0 saturated carbocycles. The summed E-state index contributed by atoms with van der Waals surface area (Å²) in [5, 5.41) is 9.72. The van der Waals surface area contributed by atoms with Crippen LogP contribution >= 0.6 is 11.8 Å². The molecule has 39 heavy (non-hydrogen) atoms. The smallest absolute Gasteiger partial charge is 0.279 e. The molecular weight excluding hydrogens is 514 g/mol. The largest absolute Gasteiger partial charge is 0.366 e. The van der Waals surface area contributed by atoms with Crippen molar-refractivity contribution in [1.29, 1.82) is 0 Å². The van der Waals surface area contributed by atoms with Gasteiger partial charge >= 0.3 is 0 Å². The van der Waals surface area contributed by atoms with Crippen molar-refractivity contribution in [3.8, 4) is 0 Å². The van der Waals surface area contributed by atoms with E-state index >= 15 is 0 Å². The summed E-state index contributed by atoms with van der Waals surface area (Å²) in [5.41, 5.74) is 10.3. The van der Waals surface area contributed by atoms with Crippen LogP contribution in [0.15, 0.2) is 84.0 Å². The first-order valence-corrected chi connectivity index (χ1v) is 13.4. The zero-order valence-electron chi connectivity index (χ0n) is 21.8. The van der Waals surface area contributed by atoms with Gasteiger partial charge in [0, 0.05) is 41.3 Å². The van der Waals surface area contributed by atoms with E-state index in [0.29, 0.717) is 34.5 Å². The zero-order chi connectivity index (χ0) is 28.2. The Morgan fingerprint density at radius 2 is 1.54 bits per heavy atom. The van der Waals surface area contributed by atoms with Crippen LogP contribution in [-0.4, -0.2) is 35.0 Å². The van der Waals surface area contributed by atoms with Crippen LogP contribution in [0.2, 0.25) is 0 Å². The molecule has 0 aromatic heterocycles. The number of hydrogen-bond donors (Lipinski definition) is 4. The highest BCUT2D eigenvalue weighted by molar-refractivity contribution is 7.99. The maximum absolute atomic E-state index is 12.8. The number of hydrogen-bond acceptors (Lipinski definition) is 7. The molecule has 0 aliphatic rings. The highest BCUT2D eigenvalue weighted by atomic mass is 32.2. The molecule has 0 heterocycles. The molecule has 3 aromatic rings. The number of nitrogens with zero attached hydrogens (tertiary/aromatic N) is 1. The van der Waals surface area contributed by atoms with Gasteiger partial charge in [0.15, 0.2) is 11.5 Å². The van der Waals surface area contributed by atoms with Gasteiger partial charge in [-0.1, -0.05) is 49.4 Å². The quantitative estimate of drug-likeness (QED) is 0.135. The third kappa shape index (κ3) is 9.11. The topological polar surface area (TPSA) is 143 Å². The van der Waals surface area contributed by atoms with Crippen molar-refractivity contribution in [3.05, 3.63) is 90.0 Å². The predicted octanol–water partition coefficient (Wildman–Crippen LogP) is 4.99. The molecule has 1 atom stereocenters. The monoisotopic (exact) mass is 545 g/mol. The molecular formula is C29H31N5O4S. The molecule has 3 rings (SSSR count). The van der Waals surface area contributed by atoms with Crippen LogP contribution in [0.1, 0.15) is 47.9 Å². The standard InChI is InChI=1S/C29H31N5O4S/c1-3-25(20-9-5-4-6-10-20)39-16-15-26(36)31-22-12-8-13-23(18-22)32-29(38)27(19(2)35)34-33-24-14-7-11-21(17-24)28(30)37/h4-14,17-18,25,33H,3,15-16H2,1-2H3,(H2,30,37)(H,31,36)(H,32,38)/b34-27-. The van der Waals surface area contributed by atoms with Crippen molar-refractivity contribution in [1.82, 2.24) is 0 Å². The number of benzene rings is 3. The van der Waals surface area contributed by atoms with Gasteiger partial charge in [0.1, 0.15) is 0 Å². The van der Waals surface area contributed by atoms with Crippen LogP contribution in [0.3, 0.4) is 0 Å². The van der Waals surface area contributed by atoms with Crippen molar-refractivity contribution in [2.75, 3.05) is 21.8 Å². The molecule has 0 fully saturated rings. The SMILES string of the molecule is CCC(SCCC(=O)Nc1cccc(NC(=O)/C(=N\Nc2cccc(C(N)=O)c2)C(C)=O)c1)c1ccccc1. The molecule has 0 bridgehead atoms. The van der Waals surface area contributed by atoms with Crippen LogP contribution in [-0.2, 0) is 14.4 Å². The number of rotatable bonds is 13. The molecule has 5 N–H and O–H groups in total. The van der Waals surface area contributed by atoms with Gasteiger partial charge in [-0.15, -0.1) is 0 Å². The summed E-state index contributed by atoms with van der Waals surface area (Å²) in [6.45, 7) is 3.35. The van der Waals surface area contributed by atoms with E-state index in [9.17, 15) is 19.2 Å². The average molecular weight is 546 g/mol. The Bertz CT molecular complexity index is 1360. The number of nitrogens with two attached hydrogens (primary N) is 1. The number of amides is 3. The Hall–Kier alpha value is -4.44. The van der Waals surface area contributed by atoms with E-state index in [1.54, 1.807) is 48.2 Å². The van der Waals surface area contributed by atoms with E-state index in [0.717, 1.165) is 6.42 Å². The van der Waals surface area contributed by atoms with E-state index < -0.39 is 17.6 Å². The van der Waals surface area contributed by atoms with Gasteiger partial charge in [0.05, 0.1) is 5.69 Å². The Balaban J connectivity index is 1.57. The highest BCUT2D eigenvalue weighted by Crippen LogP contribution is 2.32. The van der Waals surface area contributed by atoms with Gasteiger partial charge in [-0.3, -0.25) is 24.6 Å². The lowest BCUT2D eigenvalue weighted by atomic mass is 10.1. The fraction of sp³-hybridized carbons (Fsp3) is 0.207. The van der Waals surface area contributed by atoms with E-state index in [-0.39, 0.29) is 17.2 Å². The molecule has 3 aromatic carbocycles. The van der Waals surface area contributed by atoms with Gasteiger partial charge in [0.2, 0.25) is 11.8 Å². The van der Waals surface area contributed by atoms with Crippen LogP contribution in [0, 0.1) is 0 Å². The lowest BCUT2D eigenvalue weighted by Gasteiger charge is -2.15. The number of nitrogens with one attached hydrogen (secondary N) is 3. The number of hydrazone groups is 1. The van der Waals surface area contributed by atoms with Crippen molar-refractivity contribution in [2.45, 2.75) is 31.9 Å². The minimum Gasteiger partial charge on any atom is -0.366 e. The molecule has 1 unspecified atom stereocenters. The summed E-state index contributed by atoms with van der Waals surface area (Å²) < 4.78 is 0. The summed E-state index contributed by atoms with van der Waals surface area (Å²) in [5.74, 6) is -1.37. The second kappa shape index (κ2) is 14.5. The molecule has 202 valence electrons. The van der Waals surface area contributed by atoms with Gasteiger partial charge in [-0.05, 0) is 48.4 Å².